The number of esters is 1. The lowest BCUT2D eigenvalue weighted by Gasteiger charge is -2.21. The molecule has 2 unspecified atom stereocenters. The van der Waals surface area contributed by atoms with E-state index in [4.69, 9.17) is 10.5 Å². The molecule has 2 rings (SSSR count). The Hall–Kier alpha value is -1.36. The van der Waals surface area contributed by atoms with Crippen molar-refractivity contribution in [2.45, 2.75) is 44.7 Å². The predicted octanol–water partition coefficient (Wildman–Crippen LogP) is 1.18. The minimum atomic E-state index is -0.833. The van der Waals surface area contributed by atoms with Crippen LogP contribution in [0.2, 0.25) is 0 Å². The summed E-state index contributed by atoms with van der Waals surface area (Å²) >= 11 is 0. The predicted molar refractivity (Wildman–Crippen MR) is 63.4 cm³/mol. The highest BCUT2D eigenvalue weighted by atomic mass is 16.5. The highest BCUT2D eigenvalue weighted by Crippen LogP contribution is 2.36. The van der Waals surface area contributed by atoms with Gasteiger partial charge in [-0.3, -0.25) is 9.48 Å². The van der Waals surface area contributed by atoms with Crippen LogP contribution in [-0.2, 0) is 9.53 Å². The second-order valence-corrected chi connectivity index (χ2v) is 4.71. The number of ether oxygens (including phenoxy) is 1. The Balaban J connectivity index is 2.06. The van der Waals surface area contributed by atoms with Gasteiger partial charge in [0.15, 0.2) is 0 Å². The molecule has 5 nitrogen and oxygen atoms in total. The molecule has 1 heterocycles. The number of carbonyl (C=O) groups excluding carboxylic acids is 1. The largest absolute Gasteiger partial charge is 0.465 e. The molecule has 94 valence electrons. The molecule has 0 radical (unpaired) electrons. The highest BCUT2D eigenvalue weighted by Gasteiger charge is 2.44. The van der Waals surface area contributed by atoms with Gasteiger partial charge in [-0.05, 0) is 39.2 Å². The average molecular weight is 237 g/mol. The van der Waals surface area contributed by atoms with Crippen LogP contribution < -0.4 is 5.73 Å². The van der Waals surface area contributed by atoms with Crippen LogP contribution in [0, 0.1) is 6.92 Å². The molecular formula is C12H19N3O2. The summed E-state index contributed by atoms with van der Waals surface area (Å²) in [6, 6.07) is 2.17. The van der Waals surface area contributed by atoms with Gasteiger partial charge in [-0.15, -0.1) is 0 Å². The topological polar surface area (TPSA) is 70.1 Å². The van der Waals surface area contributed by atoms with Gasteiger partial charge in [-0.25, -0.2) is 0 Å². The third kappa shape index (κ3) is 2.34. The van der Waals surface area contributed by atoms with Gasteiger partial charge < -0.3 is 10.5 Å². The maximum atomic E-state index is 11.8. The van der Waals surface area contributed by atoms with Crippen LogP contribution in [0.4, 0.5) is 0 Å². The summed E-state index contributed by atoms with van der Waals surface area (Å²) in [6.45, 7) is 4.13. The van der Waals surface area contributed by atoms with E-state index in [-0.39, 0.29) is 12.0 Å². The number of aryl methyl sites for hydroxylation is 1. The number of nitrogens with zero attached hydrogens (tertiary/aromatic N) is 2. The Morgan fingerprint density at radius 1 is 1.76 bits per heavy atom. The highest BCUT2D eigenvalue weighted by molar-refractivity contribution is 5.81. The second-order valence-electron chi connectivity index (χ2n) is 4.71. The summed E-state index contributed by atoms with van der Waals surface area (Å²) in [5.41, 5.74) is 6.26. The molecule has 2 N–H and O–H groups in total. The number of hydrogen-bond donors (Lipinski definition) is 1. The van der Waals surface area contributed by atoms with Crippen molar-refractivity contribution in [3.63, 3.8) is 0 Å². The van der Waals surface area contributed by atoms with Crippen molar-refractivity contribution in [1.29, 1.82) is 0 Å². The molecule has 0 aromatic carbocycles. The summed E-state index contributed by atoms with van der Waals surface area (Å²) < 4.78 is 6.93. The van der Waals surface area contributed by atoms with Gasteiger partial charge in [-0.1, -0.05) is 0 Å². The van der Waals surface area contributed by atoms with E-state index in [9.17, 15) is 4.79 Å². The van der Waals surface area contributed by atoms with Crippen molar-refractivity contribution in [2.24, 2.45) is 5.73 Å². The number of nitrogens with two attached hydrogens (primary N) is 1. The SMILES string of the molecule is CCOC(=O)C1(N)CCC(n2ccc(C)n2)C1. The molecule has 0 amide bonds. The number of aromatic nitrogens is 2. The molecule has 1 aromatic heterocycles. The summed E-state index contributed by atoms with van der Waals surface area (Å²) in [5, 5.41) is 4.37. The molecule has 1 aliphatic carbocycles. The van der Waals surface area contributed by atoms with Crippen molar-refractivity contribution >= 4 is 5.97 Å². The molecule has 1 aliphatic rings. The summed E-state index contributed by atoms with van der Waals surface area (Å²) in [5.74, 6) is -0.286. The Labute approximate surface area is 101 Å². The molecule has 0 spiro atoms. The minimum Gasteiger partial charge on any atom is -0.465 e. The maximum absolute atomic E-state index is 11.8. The average Bonchev–Trinajstić information content (AvgIpc) is 2.86. The first-order chi connectivity index (χ1) is 8.05. The standard InChI is InChI=1S/C12H19N3O2/c1-3-17-11(16)12(13)6-4-10(8-12)15-7-5-9(2)14-15/h5,7,10H,3-4,6,8,13H2,1-2H3. The van der Waals surface area contributed by atoms with E-state index in [0.29, 0.717) is 19.4 Å². The van der Waals surface area contributed by atoms with Gasteiger partial charge >= 0.3 is 5.97 Å². The Bertz CT molecular complexity index is 416. The van der Waals surface area contributed by atoms with Crippen LogP contribution in [0.3, 0.4) is 0 Å². The summed E-state index contributed by atoms with van der Waals surface area (Å²) in [6.07, 6.45) is 4.08. The Morgan fingerprint density at radius 3 is 3.12 bits per heavy atom. The fourth-order valence-electron chi connectivity index (χ4n) is 2.37. The van der Waals surface area contributed by atoms with Crippen LogP contribution in [0.15, 0.2) is 12.3 Å². The fourth-order valence-corrected chi connectivity index (χ4v) is 2.37. The lowest BCUT2D eigenvalue weighted by Crippen LogP contribution is -2.46. The number of hydrogen-bond acceptors (Lipinski definition) is 4. The van der Waals surface area contributed by atoms with Crippen LogP contribution in [0.5, 0.6) is 0 Å². The van der Waals surface area contributed by atoms with Gasteiger partial charge in [0, 0.05) is 6.20 Å². The van der Waals surface area contributed by atoms with E-state index in [1.165, 1.54) is 0 Å². The van der Waals surface area contributed by atoms with Crippen molar-refractivity contribution in [1.82, 2.24) is 9.78 Å². The number of carbonyl (C=O) groups is 1. The first-order valence-corrected chi connectivity index (χ1v) is 6.03. The molecule has 17 heavy (non-hydrogen) atoms. The van der Waals surface area contributed by atoms with Crippen molar-refractivity contribution in [2.75, 3.05) is 6.61 Å². The minimum absolute atomic E-state index is 0.207. The molecule has 5 heteroatoms. The van der Waals surface area contributed by atoms with Crippen molar-refractivity contribution < 1.29 is 9.53 Å². The van der Waals surface area contributed by atoms with Crippen molar-refractivity contribution in [3.05, 3.63) is 18.0 Å². The van der Waals surface area contributed by atoms with E-state index >= 15 is 0 Å². The third-order valence-corrected chi connectivity index (χ3v) is 3.32. The van der Waals surface area contributed by atoms with E-state index in [1.807, 2.05) is 23.9 Å². The quantitative estimate of drug-likeness (QED) is 0.801. The van der Waals surface area contributed by atoms with E-state index in [2.05, 4.69) is 5.10 Å². The van der Waals surface area contributed by atoms with Crippen LogP contribution in [0.1, 0.15) is 37.9 Å². The van der Waals surface area contributed by atoms with Crippen LogP contribution in [-0.4, -0.2) is 27.9 Å². The lowest BCUT2D eigenvalue weighted by molar-refractivity contribution is -0.149. The normalized spacial score (nSPS) is 28.3. The zero-order valence-electron chi connectivity index (χ0n) is 10.3. The molecule has 0 saturated heterocycles. The molecule has 0 bridgehead atoms. The van der Waals surface area contributed by atoms with Gasteiger partial charge in [0.2, 0.25) is 0 Å². The molecule has 2 atom stereocenters. The van der Waals surface area contributed by atoms with Gasteiger partial charge in [0.05, 0.1) is 18.3 Å². The van der Waals surface area contributed by atoms with Gasteiger partial charge in [-0.2, -0.15) is 5.10 Å². The molecule has 1 aromatic rings. The van der Waals surface area contributed by atoms with Gasteiger partial charge in [0.25, 0.3) is 0 Å². The Kier molecular flexibility index (Phi) is 3.19. The van der Waals surface area contributed by atoms with E-state index < -0.39 is 5.54 Å². The fraction of sp³-hybridized carbons (Fsp3) is 0.667. The summed E-state index contributed by atoms with van der Waals surface area (Å²) in [7, 11) is 0. The molecular weight excluding hydrogens is 218 g/mol. The van der Waals surface area contributed by atoms with Crippen LogP contribution in [0.25, 0.3) is 0 Å². The van der Waals surface area contributed by atoms with E-state index in [1.54, 1.807) is 6.92 Å². The van der Waals surface area contributed by atoms with Crippen molar-refractivity contribution in [3.8, 4) is 0 Å². The lowest BCUT2D eigenvalue weighted by atomic mass is 9.99. The van der Waals surface area contributed by atoms with Crippen LogP contribution >= 0.6 is 0 Å². The zero-order valence-corrected chi connectivity index (χ0v) is 10.3. The molecule has 1 saturated carbocycles. The molecule has 0 aliphatic heterocycles. The number of rotatable bonds is 3. The first kappa shape index (κ1) is 12.1. The Morgan fingerprint density at radius 2 is 2.53 bits per heavy atom. The zero-order chi connectivity index (χ0) is 12.5. The van der Waals surface area contributed by atoms with E-state index in [0.717, 1.165) is 12.1 Å². The smallest absolute Gasteiger partial charge is 0.326 e. The first-order valence-electron chi connectivity index (χ1n) is 6.03. The van der Waals surface area contributed by atoms with Gasteiger partial charge in [0.1, 0.15) is 5.54 Å². The third-order valence-electron chi connectivity index (χ3n) is 3.32. The monoisotopic (exact) mass is 237 g/mol. The molecule has 1 fully saturated rings. The second kappa shape index (κ2) is 4.49. The summed E-state index contributed by atoms with van der Waals surface area (Å²) in [4.78, 5) is 11.8. The maximum Gasteiger partial charge on any atom is 0.326 e.